The lowest BCUT2D eigenvalue weighted by Crippen LogP contribution is -2.50. The summed E-state index contributed by atoms with van der Waals surface area (Å²) in [5.74, 6) is 1.50. The van der Waals surface area contributed by atoms with Crippen LogP contribution in [0.2, 0.25) is 0 Å². The van der Waals surface area contributed by atoms with Gasteiger partial charge in [0.15, 0.2) is 6.10 Å². The van der Waals surface area contributed by atoms with Crippen LogP contribution in [-0.2, 0) is 11.0 Å². The number of amidine groups is 1. The third-order valence-electron chi connectivity index (χ3n) is 6.38. The molecule has 1 saturated heterocycles. The Kier molecular flexibility index (Phi) is 7.05. The number of hydrogen-bond acceptors (Lipinski definition) is 8. The molecule has 3 aromatic rings. The zero-order valence-electron chi connectivity index (χ0n) is 19.7. The molecule has 36 heavy (non-hydrogen) atoms. The zero-order valence-corrected chi connectivity index (χ0v) is 20.6. The number of aromatic nitrogens is 1. The Labute approximate surface area is 210 Å². The zero-order chi connectivity index (χ0) is 25.3. The third-order valence-corrected chi connectivity index (χ3v) is 7.33. The number of oxime groups is 1. The molecule has 1 N–H and O–H groups in total. The molecular weight excluding hydrogens is 493 g/mol. The van der Waals surface area contributed by atoms with Gasteiger partial charge in [0.1, 0.15) is 24.3 Å². The van der Waals surface area contributed by atoms with Crippen LogP contribution in [0, 0.1) is 6.92 Å². The summed E-state index contributed by atoms with van der Waals surface area (Å²) in [5.41, 5.74) is 0.900. The van der Waals surface area contributed by atoms with Crippen molar-refractivity contribution in [2.75, 3.05) is 39.3 Å². The van der Waals surface area contributed by atoms with Crippen LogP contribution in [0.25, 0.3) is 10.2 Å². The fourth-order valence-corrected chi connectivity index (χ4v) is 5.27. The fraction of sp³-hybridized carbons (Fsp3) is 0.440. The number of β-amino-alcohol motifs (C(OH)–C–C–N with tert-alkyl or cyclic N) is 1. The van der Waals surface area contributed by atoms with Gasteiger partial charge in [-0.25, -0.2) is 4.98 Å². The second-order valence-corrected chi connectivity index (χ2v) is 10.3. The second kappa shape index (κ2) is 10.2. The minimum atomic E-state index is -4.36. The average Bonchev–Trinajstić information content (AvgIpc) is 3.49. The largest absolute Gasteiger partial charge is 0.491 e. The number of rotatable bonds is 6. The molecule has 0 spiro atoms. The van der Waals surface area contributed by atoms with E-state index in [0.717, 1.165) is 59.4 Å². The molecule has 192 valence electrons. The van der Waals surface area contributed by atoms with Crippen molar-refractivity contribution in [3.8, 4) is 5.75 Å². The first-order chi connectivity index (χ1) is 17.2. The maximum Gasteiger partial charge on any atom is 0.416 e. The van der Waals surface area contributed by atoms with Gasteiger partial charge < -0.3 is 19.6 Å². The first-order valence-corrected chi connectivity index (χ1v) is 12.6. The summed E-state index contributed by atoms with van der Waals surface area (Å²) in [7, 11) is 0. The summed E-state index contributed by atoms with van der Waals surface area (Å²) >= 11 is 1.64. The van der Waals surface area contributed by atoms with Crippen LogP contribution in [0.4, 0.5) is 13.2 Å². The van der Waals surface area contributed by atoms with Gasteiger partial charge in [-0.15, -0.1) is 11.3 Å². The van der Waals surface area contributed by atoms with Gasteiger partial charge in [-0.05, 0) is 36.8 Å². The van der Waals surface area contributed by atoms with Crippen LogP contribution >= 0.6 is 11.3 Å². The summed E-state index contributed by atoms with van der Waals surface area (Å²) in [6.45, 7) is 5.65. The maximum absolute atomic E-state index is 12.8. The smallest absolute Gasteiger partial charge is 0.416 e. The van der Waals surface area contributed by atoms with E-state index >= 15 is 0 Å². The number of aliphatic hydroxyl groups excluding tert-OH is 1. The molecule has 3 heterocycles. The van der Waals surface area contributed by atoms with Crippen LogP contribution in [-0.4, -0.2) is 71.2 Å². The number of ether oxygens (including phenoxy) is 1. The summed E-state index contributed by atoms with van der Waals surface area (Å²) in [4.78, 5) is 14.3. The van der Waals surface area contributed by atoms with Crippen LogP contribution < -0.4 is 4.74 Å². The molecule has 2 aliphatic rings. The van der Waals surface area contributed by atoms with Gasteiger partial charge in [0.2, 0.25) is 0 Å². The molecular formula is C25H27F3N4O3S. The molecule has 11 heteroatoms. The Morgan fingerprint density at radius 1 is 1.14 bits per heavy atom. The predicted molar refractivity (Wildman–Crippen MR) is 131 cm³/mol. The van der Waals surface area contributed by atoms with Gasteiger partial charge in [0.25, 0.3) is 0 Å². The molecule has 0 aliphatic carbocycles. The second-order valence-electron chi connectivity index (χ2n) is 9.04. The maximum atomic E-state index is 12.8. The van der Waals surface area contributed by atoms with E-state index in [1.54, 1.807) is 11.3 Å². The molecule has 0 amide bonds. The number of piperazine rings is 1. The molecule has 5 rings (SSSR count). The topological polar surface area (TPSA) is 70.4 Å². The third kappa shape index (κ3) is 5.74. The molecule has 0 radical (unpaired) electrons. The normalized spacial score (nSPS) is 19.9. The van der Waals surface area contributed by atoms with Crippen molar-refractivity contribution in [2.45, 2.75) is 31.7 Å². The summed E-state index contributed by atoms with van der Waals surface area (Å²) in [5, 5.41) is 15.7. The molecule has 1 aromatic heterocycles. The lowest BCUT2D eigenvalue weighted by Gasteiger charge is -2.36. The Bertz CT molecular complexity index is 1220. The number of halogens is 3. The van der Waals surface area contributed by atoms with Crippen LogP contribution in [0.15, 0.2) is 47.6 Å². The van der Waals surface area contributed by atoms with Gasteiger partial charge in [0, 0.05) is 38.8 Å². The summed E-state index contributed by atoms with van der Waals surface area (Å²) in [6.07, 6.45) is -4.84. The number of alkyl halides is 3. The van der Waals surface area contributed by atoms with E-state index in [1.807, 2.05) is 25.1 Å². The van der Waals surface area contributed by atoms with E-state index in [9.17, 15) is 18.3 Å². The van der Waals surface area contributed by atoms with Crippen molar-refractivity contribution in [2.24, 2.45) is 5.16 Å². The van der Waals surface area contributed by atoms with Crippen LogP contribution in [0.3, 0.4) is 0 Å². The molecule has 2 atom stereocenters. The van der Waals surface area contributed by atoms with Crippen LogP contribution in [0.5, 0.6) is 5.75 Å². The Balaban J connectivity index is 1.05. The van der Waals surface area contributed by atoms with E-state index in [2.05, 4.69) is 19.9 Å². The first-order valence-electron chi connectivity index (χ1n) is 11.8. The van der Waals surface area contributed by atoms with Crippen molar-refractivity contribution in [1.29, 1.82) is 0 Å². The first kappa shape index (κ1) is 24.8. The molecule has 0 saturated carbocycles. The molecule has 1 unspecified atom stereocenters. The quantitative estimate of drug-likeness (QED) is 0.518. The number of benzene rings is 2. The van der Waals surface area contributed by atoms with Crippen molar-refractivity contribution in [3.63, 3.8) is 0 Å². The monoisotopic (exact) mass is 520 g/mol. The highest BCUT2D eigenvalue weighted by molar-refractivity contribution is 7.18. The standard InChI is InChI=1S/C25H27F3N4O3S/c1-16-29-21-12-20(6-7-23(21)36-16)34-15-19(33)14-31-8-10-32(11-9-31)24-13-22(35-30-24)17-2-4-18(5-3-17)25(26,27)28/h2-7,12,19,22,33H,8-11,13-15H2,1H3/t19-,22?/m1/s1. The van der Waals surface area contributed by atoms with E-state index in [-0.39, 0.29) is 12.7 Å². The number of aryl methyl sites for hydroxylation is 1. The molecule has 7 nitrogen and oxygen atoms in total. The van der Waals surface area contributed by atoms with Gasteiger partial charge in [0.05, 0.1) is 27.2 Å². The molecule has 2 aliphatic heterocycles. The minimum Gasteiger partial charge on any atom is -0.491 e. The van der Waals surface area contributed by atoms with E-state index in [4.69, 9.17) is 9.57 Å². The van der Waals surface area contributed by atoms with E-state index in [0.29, 0.717) is 24.3 Å². The van der Waals surface area contributed by atoms with Gasteiger partial charge in [-0.1, -0.05) is 17.3 Å². The number of hydrogen-bond donors (Lipinski definition) is 1. The SMILES string of the molecule is Cc1nc2cc(OC[C@H](O)CN3CCN(C4=NOC(c5ccc(C(F)(F)F)cc5)C4)CC3)ccc2s1. The number of aliphatic hydroxyl groups is 1. The van der Waals surface area contributed by atoms with Crippen molar-refractivity contribution in [1.82, 2.24) is 14.8 Å². The van der Waals surface area contributed by atoms with Gasteiger partial charge in [-0.2, -0.15) is 13.2 Å². The lowest BCUT2D eigenvalue weighted by atomic mass is 10.0. The summed E-state index contributed by atoms with van der Waals surface area (Å²) in [6, 6.07) is 10.8. The minimum absolute atomic E-state index is 0.199. The Morgan fingerprint density at radius 3 is 2.61 bits per heavy atom. The highest BCUT2D eigenvalue weighted by Gasteiger charge is 2.32. The van der Waals surface area contributed by atoms with Crippen molar-refractivity contribution in [3.05, 3.63) is 58.6 Å². The van der Waals surface area contributed by atoms with E-state index < -0.39 is 17.8 Å². The Hall–Kier alpha value is -2.89. The fourth-order valence-electron chi connectivity index (χ4n) is 4.46. The number of fused-ring (bicyclic) bond motifs is 1. The van der Waals surface area contributed by atoms with E-state index in [1.165, 1.54) is 12.1 Å². The molecule has 2 aromatic carbocycles. The highest BCUT2D eigenvalue weighted by atomic mass is 32.1. The van der Waals surface area contributed by atoms with Crippen molar-refractivity contribution >= 4 is 27.4 Å². The number of nitrogens with zero attached hydrogens (tertiary/aromatic N) is 4. The molecule has 1 fully saturated rings. The lowest BCUT2D eigenvalue weighted by molar-refractivity contribution is -0.137. The highest BCUT2D eigenvalue weighted by Crippen LogP contribution is 2.33. The van der Waals surface area contributed by atoms with Gasteiger partial charge >= 0.3 is 6.18 Å². The number of thiazole rings is 1. The summed E-state index contributed by atoms with van der Waals surface area (Å²) < 4.78 is 45.3. The van der Waals surface area contributed by atoms with Gasteiger partial charge in [-0.3, -0.25) is 4.90 Å². The Morgan fingerprint density at radius 2 is 1.89 bits per heavy atom. The van der Waals surface area contributed by atoms with Crippen LogP contribution in [0.1, 0.15) is 28.7 Å². The average molecular weight is 521 g/mol. The van der Waals surface area contributed by atoms with Crippen molar-refractivity contribution < 1.29 is 27.9 Å². The molecule has 0 bridgehead atoms. The predicted octanol–water partition coefficient (Wildman–Crippen LogP) is 4.46.